The van der Waals surface area contributed by atoms with Gasteiger partial charge in [0.05, 0.1) is 11.5 Å². The van der Waals surface area contributed by atoms with Gasteiger partial charge in [-0.2, -0.15) is 0 Å². The van der Waals surface area contributed by atoms with Gasteiger partial charge in [0.2, 0.25) is 6.20 Å². The molecule has 0 aromatic heterocycles. The Balaban J connectivity index is 2.10. The van der Waals surface area contributed by atoms with E-state index in [1.165, 1.54) is 6.08 Å². The van der Waals surface area contributed by atoms with Gasteiger partial charge in [0.15, 0.2) is 0 Å². The number of nitro groups is 1. The van der Waals surface area contributed by atoms with E-state index in [2.05, 4.69) is 0 Å². The zero-order valence-corrected chi connectivity index (χ0v) is 14.8. The molecule has 136 valence electrons. The van der Waals surface area contributed by atoms with Crippen LogP contribution < -0.4 is 4.74 Å². The zero-order chi connectivity index (χ0) is 18.9. The number of carbonyl (C=O) groups excluding carboxylic acids is 1. The van der Waals surface area contributed by atoms with Gasteiger partial charge in [-0.25, -0.2) is 0 Å². The molecule has 0 aliphatic rings. The molecule has 0 N–H and O–H groups in total. The molecule has 6 nitrogen and oxygen atoms in total. The Bertz CT molecular complexity index is 814. The molecule has 0 aliphatic heterocycles. The third kappa shape index (κ3) is 5.73. The predicted molar refractivity (Wildman–Crippen MR) is 98.7 cm³/mol. The number of rotatable bonds is 8. The normalized spacial score (nSPS) is 10.7. The fraction of sp³-hybridized carbons (Fsp3) is 0.250. The maximum Gasteiger partial charge on any atom is 0.306 e. The van der Waals surface area contributed by atoms with Gasteiger partial charge in [0.25, 0.3) is 0 Å². The first-order valence-corrected chi connectivity index (χ1v) is 8.33. The van der Waals surface area contributed by atoms with Gasteiger partial charge >= 0.3 is 5.97 Å². The molecule has 0 atom stereocenters. The van der Waals surface area contributed by atoms with E-state index in [1.54, 1.807) is 31.2 Å². The lowest BCUT2D eigenvalue weighted by molar-refractivity contribution is -0.400. The first-order chi connectivity index (χ1) is 12.5. The monoisotopic (exact) mass is 355 g/mol. The average molecular weight is 355 g/mol. The lowest BCUT2D eigenvalue weighted by atomic mass is 10.0. The summed E-state index contributed by atoms with van der Waals surface area (Å²) in [6.45, 7) is 4.12. The first kappa shape index (κ1) is 19.2. The summed E-state index contributed by atoms with van der Waals surface area (Å²) in [5, 5.41) is 10.5. The molecule has 0 heterocycles. The summed E-state index contributed by atoms with van der Waals surface area (Å²) in [5.74, 6) is 0.951. The Morgan fingerprint density at radius 1 is 1.23 bits per heavy atom. The molecule has 2 aromatic carbocycles. The first-order valence-electron chi connectivity index (χ1n) is 8.33. The number of para-hydroxylation sites is 1. The molecule has 6 heteroatoms. The van der Waals surface area contributed by atoms with Crippen molar-refractivity contribution >= 4 is 12.0 Å². The van der Waals surface area contributed by atoms with E-state index in [0.29, 0.717) is 36.5 Å². The summed E-state index contributed by atoms with van der Waals surface area (Å²) >= 11 is 0. The summed E-state index contributed by atoms with van der Waals surface area (Å²) in [7, 11) is 0. The number of carbonyl (C=O) groups is 1. The molecule has 2 rings (SSSR count). The largest absolute Gasteiger partial charge is 0.466 e. The van der Waals surface area contributed by atoms with Crippen molar-refractivity contribution < 1.29 is 19.2 Å². The number of benzene rings is 2. The van der Waals surface area contributed by atoms with E-state index >= 15 is 0 Å². The van der Waals surface area contributed by atoms with Crippen molar-refractivity contribution in [3.63, 3.8) is 0 Å². The smallest absolute Gasteiger partial charge is 0.306 e. The van der Waals surface area contributed by atoms with Crippen LogP contribution in [0.2, 0.25) is 0 Å². The molecule has 2 aromatic rings. The van der Waals surface area contributed by atoms with Gasteiger partial charge in [-0.15, -0.1) is 0 Å². The van der Waals surface area contributed by atoms with Crippen LogP contribution in [-0.2, 0) is 16.0 Å². The van der Waals surface area contributed by atoms with Crippen LogP contribution in [0.15, 0.2) is 48.7 Å². The highest BCUT2D eigenvalue weighted by atomic mass is 16.6. The lowest BCUT2D eigenvalue weighted by Gasteiger charge is -2.11. The molecule has 0 saturated carbocycles. The molecule has 0 radical (unpaired) electrons. The molecule has 0 fully saturated rings. The number of esters is 1. The summed E-state index contributed by atoms with van der Waals surface area (Å²) in [4.78, 5) is 21.5. The van der Waals surface area contributed by atoms with Crippen molar-refractivity contribution in [1.29, 1.82) is 0 Å². The minimum absolute atomic E-state index is 0.210. The third-order valence-corrected chi connectivity index (χ3v) is 3.74. The molecule has 0 unspecified atom stereocenters. The van der Waals surface area contributed by atoms with Crippen LogP contribution in [0.4, 0.5) is 0 Å². The van der Waals surface area contributed by atoms with Crippen LogP contribution in [0.25, 0.3) is 6.08 Å². The van der Waals surface area contributed by atoms with Crippen LogP contribution in [0.3, 0.4) is 0 Å². The van der Waals surface area contributed by atoms with E-state index in [4.69, 9.17) is 9.47 Å². The summed E-state index contributed by atoms with van der Waals surface area (Å²) in [6.07, 6.45) is 3.22. The Morgan fingerprint density at radius 2 is 2.00 bits per heavy atom. The topological polar surface area (TPSA) is 78.7 Å². The standard InChI is InChI=1S/C20H21NO5/c1-3-25-20(22)11-9-16-8-10-18(14-15(16)2)26-19-7-5-4-6-17(19)12-13-21(23)24/h4-8,10,12-14H,3,9,11H2,1-2H3/b13-12+. The van der Waals surface area contributed by atoms with Gasteiger partial charge in [0.1, 0.15) is 11.5 Å². The van der Waals surface area contributed by atoms with Crippen molar-refractivity contribution in [1.82, 2.24) is 0 Å². The van der Waals surface area contributed by atoms with E-state index in [0.717, 1.165) is 17.3 Å². The van der Waals surface area contributed by atoms with E-state index in [1.807, 2.05) is 25.1 Å². The number of nitrogens with zero attached hydrogens (tertiary/aromatic N) is 1. The SMILES string of the molecule is CCOC(=O)CCc1ccc(Oc2ccccc2/C=C/[N+](=O)[O-])cc1C. The van der Waals surface area contributed by atoms with Crippen LogP contribution in [-0.4, -0.2) is 17.5 Å². The number of hydrogen-bond donors (Lipinski definition) is 0. The van der Waals surface area contributed by atoms with Crippen LogP contribution in [0.1, 0.15) is 30.0 Å². The second-order valence-corrected chi connectivity index (χ2v) is 5.63. The van der Waals surface area contributed by atoms with Crippen molar-refractivity contribution in [2.75, 3.05) is 6.61 Å². The Morgan fingerprint density at radius 3 is 2.69 bits per heavy atom. The highest BCUT2D eigenvalue weighted by Crippen LogP contribution is 2.28. The van der Waals surface area contributed by atoms with Gasteiger partial charge in [-0.1, -0.05) is 24.3 Å². The fourth-order valence-corrected chi connectivity index (χ4v) is 2.46. The average Bonchev–Trinajstić information content (AvgIpc) is 2.60. The molecule has 0 spiro atoms. The molecule has 0 saturated heterocycles. The fourth-order valence-electron chi connectivity index (χ4n) is 2.46. The number of aryl methyl sites for hydroxylation is 2. The van der Waals surface area contributed by atoms with E-state index in [-0.39, 0.29) is 5.97 Å². The van der Waals surface area contributed by atoms with Crippen molar-refractivity contribution in [3.8, 4) is 11.5 Å². The summed E-state index contributed by atoms with van der Waals surface area (Å²) in [6, 6.07) is 12.7. The van der Waals surface area contributed by atoms with Crippen LogP contribution >= 0.6 is 0 Å². The third-order valence-electron chi connectivity index (χ3n) is 3.74. The molecule has 0 aliphatic carbocycles. The van der Waals surface area contributed by atoms with Crippen LogP contribution in [0.5, 0.6) is 11.5 Å². The van der Waals surface area contributed by atoms with Gasteiger partial charge in [0, 0.05) is 18.1 Å². The van der Waals surface area contributed by atoms with Gasteiger partial charge in [-0.05, 0) is 49.6 Å². The maximum absolute atomic E-state index is 11.5. The highest BCUT2D eigenvalue weighted by Gasteiger charge is 2.08. The Labute approximate surface area is 152 Å². The second-order valence-electron chi connectivity index (χ2n) is 5.63. The minimum Gasteiger partial charge on any atom is -0.466 e. The molecular weight excluding hydrogens is 334 g/mol. The summed E-state index contributed by atoms with van der Waals surface area (Å²) < 4.78 is 10.8. The minimum atomic E-state index is -0.515. The molecule has 0 bridgehead atoms. The highest BCUT2D eigenvalue weighted by molar-refractivity contribution is 5.69. The van der Waals surface area contributed by atoms with Gasteiger partial charge < -0.3 is 9.47 Å². The Hall–Kier alpha value is -3.15. The van der Waals surface area contributed by atoms with Crippen molar-refractivity contribution in [2.24, 2.45) is 0 Å². The number of hydrogen-bond acceptors (Lipinski definition) is 5. The van der Waals surface area contributed by atoms with E-state index < -0.39 is 4.92 Å². The lowest BCUT2D eigenvalue weighted by Crippen LogP contribution is -2.05. The quantitative estimate of drug-likeness (QED) is 0.395. The summed E-state index contributed by atoms with van der Waals surface area (Å²) in [5.41, 5.74) is 2.67. The van der Waals surface area contributed by atoms with Crippen molar-refractivity contribution in [3.05, 3.63) is 75.5 Å². The van der Waals surface area contributed by atoms with Crippen LogP contribution in [0, 0.1) is 17.0 Å². The van der Waals surface area contributed by atoms with Gasteiger partial charge in [-0.3, -0.25) is 14.9 Å². The molecule has 0 amide bonds. The van der Waals surface area contributed by atoms with Crippen molar-refractivity contribution in [2.45, 2.75) is 26.7 Å². The predicted octanol–water partition coefficient (Wildman–Crippen LogP) is 4.53. The number of ether oxygens (including phenoxy) is 2. The maximum atomic E-state index is 11.5. The molecule has 26 heavy (non-hydrogen) atoms. The second kappa shape index (κ2) is 9.36. The zero-order valence-electron chi connectivity index (χ0n) is 14.8. The van der Waals surface area contributed by atoms with E-state index in [9.17, 15) is 14.9 Å². The Kier molecular flexibility index (Phi) is 6.91. The molecular formula is C20H21NO5.